The molecular formula is C13H16ClN3O. The molecule has 0 fully saturated rings. The average molecular weight is 266 g/mol. The van der Waals surface area contributed by atoms with Gasteiger partial charge in [0.15, 0.2) is 11.6 Å². The summed E-state index contributed by atoms with van der Waals surface area (Å²) in [5, 5.41) is 3.28. The highest BCUT2D eigenvalue weighted by Crippen LogP contribution is 2.10. The summed E-state index contributed by atoms with van der Waals surface area (Å²) < 4.78 is 5.31. The van der Waals surface area contributed by atoms with E-state index in [2.05, 4.69) is 15.3 Å². The average Bonchev–Trinajstić information content (AvgIpc) is 2.90. The summed E-state index contributed by atoms with van der Waals surface area (Å²) in [5.74, 6) is 1.46. The number of furan rings is 1. The second-order valence-electron chi connectivity index (χ2n) is 3.67. The van der Waals surface area contributed by atoms with E-state index < -0.39 is 0 Å². The molecule has 2 aromatic heterocycles. The van der Waals surface area contributed by atoms with E-state index in [1.54, 1.807) is 19.5 Å². The van der Waals surface area contributed by atoms with Gasteiger partial charge in [-0.3, -0.25) is 9.98 Å². The predicted molar refractivity (Wildman–Crippen MR) is 74.2 cm³/mol. The quantitative estimate of drug-likeness (QED) is 0.686. The number of nitrogens with one attached hydrogen (secondary N) is 1. The molecule has 5 heteroatoms. The molecule has 0 saturated heterocycles. The van der Waals surface area contributed by atoms with Crippen molar-refractivity contribution >= 4 is 18.2 Å². The van der Waals surface area contributed by atoms with Crippen molar-refractivity contribution in [3.8, 4) is 0 Å². The molecule has 0 aliphatic heterocycles. The van der Waals surface area contributed by atoms with Crippen molar-refractivity contribution in [2.75, 3.05) is 7.05 Å². The minimum absolute atomic E-state index is 0. The van der Waals surface area contributed by atoms with E-state index in [1.807, 2.05) is 37.3 Å². The molecule has 0 saturated carbocycles. The molecule has 0 amide bonds. The Hall–Kier alpha value is -1.81. The molecule has 1 atom stereocenters. The second-order valence-corrected chi connectivity index (χ2v) is 3.67. The molecule has 96 valence electrons. The normalized spacial score (nSPS) is 12.7. The zero-order chi connectivity index (χ0) is 12.1. The fourth-order valence-electron chi connectivity index (χ4n) is 1.57. The van der Waals surface area contributed by atoms with E-state index in [9.17, 15) is 0 Å². The van der Waals surface area contributed by atoms with Crippen molar-refractivity contribution in [3.63, 3.8) is 0 Å². The van der Waals surface area contributed by atoms with Crippen LogP contribution in [0.2, 0.25) is 0 Å². The third-order valence-corrected chi connectivity index (χ3v) is 2.46. The van der Waals surface area contributed by atoms with Crippen LogP contribution >= 0.6 is 12.4 Å². The fourth-order valence-corrected chi connectivity index (χ4v) is 1.57. The number of amidine groups is 1. The minimum Gasteiger partial charge on any atom is -0.461 e. The van der Waals surface area contributed by atoms with E-state index >= 15 is 0 Å². The highest BCUT2D eigenvalue weighted by atomic mass is 35.5. The first-order valence-corrected chi connectivity index (χ1v) is 5.49. The molecule has 0 bridgehead atoms. The molecular weight excluding hydrogens is 250 g/mol. The Kier molecular flexibility index (Phi) is 5.39. The Labute approximate surface area is 113 Å². The summed E-state index contributed by atoms with van der Waals surface area (Å²) in [7, 11) is 1.73. The number of hydrogen-bond acceptors (Lipinski definition) is 3. The first-order valence-electron chi connectivity index (χ1n) is 5.49. The second kappa shape index (κ2) is 6.81. The van der Waals surface area contributed by atoms with E-state index in [1.165, 1.54) is 0 Å². The van der Waals surface area contributed by atoms with Gasteiger partial charge in [0.05, 0.1) is 18.0 Å². The number of pyridine rings is 1. The molecule has 0 spiro atoms. The lowest BCUT2D eigenvalue weighted by Crippen LogP contribution is -2.27. The van der Waals surface area contributed by atoms with E-state index in [-0.39, 0.29) is 18.4 Å². The third kappa shape index (κ3) is 3.34. The molecule has 4 nitrogen and oxygen atoms in total. The van der Waals surface area contributed by atoms with Gasteiger partial charge in [-0.05, 0) is 31.2 Å². The van der Waals surface area contributed by atoms with Gasteiger partial charge in [0, 0.05) is 13.2 Å². The molecule has 1 N–H and O–H groups in total. The standard InChI is InChI=1S/C13H15N3O.ClH/c1-10(11-6-3-4-8-15-11)16-13(14-2)12-7-5-9-17-12;/h3-10H,1-2H3,(H,14,16);1H. The highest BCUT2D eigenvalue weighted by Gasteiger charge is 2.11. The van der Waals surface area contributed by atoms with Gasteiger partial charge < -0.3 is 9.73 Å². The van der Waals surface area contributed by atoms with E-state index in [4.69, 9.17) is 4.42 Å². The third-order valence-electron chi connectivity index (χ3n) is 2.46. The van der Waals surface area contributed by atoms with E-state index in [0.717, 1.165) is 17.3 Å². The Morgan fingerprint density at radius 3 is 2.72 bits per heavy atom. The van der Waals surface area contributed by atoms with Gasteiger partial charge in [-0.1, -0.05) is 6.07 Å². The molecule has 0 aromatic carbocycles. The Morgan fingerprint density at radius 2 is 2.17 bits per heavy atom. The van der Waals surface area contributed by atoms with Crippen molar-refractivity contribution < 1.29 is 4.42 Å². The summed E-state index contributed by atoms with van der Waals surface area (Å²) in [6.07, 6.45) is 3.41. The van der Waals surface area contributed by atoms with Crippen molar-refractivity contribution in [2.24, 2.45) is 4.99 Å². The maximum Gasteiger partial charge on any atom is 0.168 e. The van der Waals surface area contributed by atoms with Crippen molar-refractivity contribution in [1.82, 2.24) is 10.3 Å². The highest BCUT2D eigenvalue weighted by molar-refractivity contribution is 5.96. The van der Waals surface area contributed by atoms with Gasteiger partial charge in [-0.2, -0.15) is 0 Å². The minimum atomic E-state index is 0. The smallest absolute Gasteiger partial charge is 0.168 e. The van der Waals surface area contributed by atoms with Crippen molar-refractivity contribution in [2.45, 2.75) is 13.0 Å². The molecule has 0 aliphatic carbocycles. The van der Waals surface area contributed by atoms with Crippen molar-refractivity contribution in [3.05, 3.63) is 54.2 Å². The molecule has 2 aromatic rings. The van der Waals surface area contributed by atoms with Crippen LogP contribution in [0.4, 0.5) is 0 Å². The van der Waals surface area contributed by atoms with Crippen LogP contribution in [0.15, 0.2) is 52.2 Å². The van der Waals surface area contributed by atoms with Gasteiger partial charge in [0.1, 0.15) is 0 Å². The summed E-state index contributed by atoms with van der Waals surface area (Å²) in [5.41, 5.74) is 0.972. The van der Waals surface area contributed by atoms with Crippen molar-refractivity contribution in [1.29, 1.82) is 0 Å². The van der Waals surface area contributed by atoms with Crippen LogP contribution < -0.4 is 5.32 Å². The largest absolute Gasteiger partial charge is 0.461 e. The number of hydrogen-bond donors (Lipinski definition) is 1. The number of rotatable bonds is 3. The van der Waals surface area contributed by atoms with Crippen LogP contribution in [0.25, 0.3) is 0 Å². The van der Waals surface area contributed by atoms with Crippen LogP contribution in [0.3, 0.4) is 0 Å². The lowest BCUT2D eigenvalue weighted by atomic mass is 10.2. The molecule has 2 rings (SSSR count). The zero-order valence-corrected chi connectivity index (χ0v) is 11.1. The Bertz CT molecular complexity index is 482. The van der Waals surface area contributed by atoms with Gasteiger partial charge >= 0.3 is 0 Å². The number of halogens is 1. The molecule has 1 unspecified atom stereocenters. The first kappa shape index (κ1) is 14.3. The summed E-state index contributed by atoms with van der Waals surface area (Å²) >= 11 is 0. The number of nitrogens with zero attached hydrogens (tertiary/aromatic N) is 2. The maximum absolute atomic E-state index is 5.31. The van der Waals surface area contributed by atoms with Crippen LogP contribution in [0.5, 0.6) is 0 Å². The topological polar surface area (TPSA) is 50.4 Å². The Balaban J connectivity index is 0.00000162. The maximum atomic E-state index is 5.31. The number of aromatic nitrogens is 1. The summed E-state index contributed by atoms with van der Waals surface area (Å²) in [6.45, 7) is 2.04. The van der Waals surface area contributed by atoms with Crippen LogP contribution in [-0.4, -0.2) is 17.9 Å². The van der Waals surface area contributed by atoms with Crippen LogP contribution in [0, 0.1) is 0 Å². The Morgan fingerprint density at radius 1 is 1.33 bits per heavy atom. The lowest BCUT2D eigenvalue weighted by Gasteiger charge is -2.14. The first-order chi connectivity index (χ1) is 8.31. The molecule has 0 radical (unpaired) electrons. The molecule has 18 heavy (non-hydrogen) atoms. The van der Waals surface area contributed by atoms with Gasteiger partial charge in [0.25, 0.3) is 0 Å². The molecule has 2 heterocycles. The van der Waals surface area contributed by atoms with Crippen LogP contribution in [0.1, 0.15) is 24.4 Å². The van der Waals surface area contributed by atoms with Crippen LogP contribution in [-0.2, 0) is 0 Å². The van der Waals surface area contributed by atoms with Gasteiger partial charge in [-0.15, -0.1) is 12.4 Å². The summed E-state index contributed by atoms with van der Waals surface area (Å²) in [6, 6.07) is 9.65. The number of aliphatic imine (C=N–C) groups is 1. The SMILES string of the molecule is CN=C(NC(C)c1ccccn1)c1ccco1.Cl. The zero-order valence-electron chi connectivity index (χ0n) is 10.3. The van der Waals surface area contributed by atoms with Gasteiger partial charge in [0.2, 0.25) is 0 Å². The monoisotopic (exact) mass is 265 g/mol. The molecule has 0 aliphatic rings. The van der Waals surface area contributed by atoms with E-state index in [0.29, 0.717) is 0 Å². The predicted octanol–water partition coefficient (Wildman–Crippen LogP) is 2.82. The summed E-state index contributed by atoms with van der Waals surface area (Å²) in [4.78, 5) is 8.48. The van der Waals surface area contributed by atoms with Gasteiger partial charge in [-0.25, -0.2) is 0 Å². The fraction of sp³-hybridized carbons (Fsp3) is 0.231. The lowest BCUT2D eigenvalue weighted by molar-refractivity contribution is 0.548.